The van der Waals surface area contributed by atoms with Gasteiger partial charge in [0, 0.05) is 18.7 Å². The maximum Gasteiger partial charge on any atom is 0.336 e. The van der Waals surface area contributed by atoms with Crippen LogP contribution in [0.25, 0.3) is 0 Å². The first-order chi connectivity index (χ1) is 11.6. The predicted octanol–water partition coefficient (Wildman–Crippen LogP) is 1.72. The highest BCUT2D eigenvalue weighted by atomic mass is 16.7. The molecule has 138 valence electrons. The zero-order valence-electron chi connectivity index (χ0n) is 13.6. The lowest BCUT2D eigenvalue weighted by Gasteiger charge is -2.16. The highest BCUT2D eigenvalue weighted by molar-refractivity contribution is 5.89. The van der Waals surface area contributed by atoms with Gasteiger partial charge in [-0.2, -0.15) is 0 Å². The molecule has 11 nitrogen and oxygen atoms in total. The van der Waals surface area contributed by atoms with Gasteiger partial charge in [0.15, 0.2) is 5.79 Å². The first-order valence-corrected chi connectivity index (χ1v) is 7.15. The number of hydrogen-bond donors (Lipinski definition) is 2. The number of carbonyl (C=O) groups is 1. The Morgan fingerprint density at radius 3 is 2.08 bits per heavy atom. The summed E-state index contributed by atoms with van der Waals surface area (Å²) in [6.07, 6.45) is 0.753. The van der Waals surface area contributed by atoms with E-state index in [1.165, 1.54) is 0 Å². The van der Waals surface area contributed by atoms with Crippen molar-refractivity contribution >= 4 is 17.3 Å². The van der Waals surface area contributed by atoms with E-state index >= 15 is 0 Å². The van der Waals surface area contributed by atoms with Crippen molar-refractivity contribution in [3.05, 3.63) is 44.0 Å². The van der Waals surface area contributed by atoms with Crippen LogP contribution in [0, 0.1) is 20.2 Å². The Bertz CT molecular complexity index is 581. The number of nitro groups is 2. The Hall–Kier alpha value is -2.63. The molecule has 0 saturated carbocycles. The third kappa shape index (κ3) is 6.41. The summed E-state index contributed by atoms with van der Waals surface area (Å²) in [4.78, 5) is 29.4. The fraction of sp³-hybridized carbons (Fsp3) is 0.500. The minimum absolute atomic E-state index is 0.0833. The zero-order valence-corrected chi connectivity index (χ0v) is 13.6. The zero-order chi connectivity index (χ0) is 19.2. The number of aromatic carboxylic acids is 1. The molecule has 1 fully saturated rings. The van der Waals surface area contributed by atoms with E-state index in [0.717, 1.165) is 12.1 Å². The van der Waals surface area contributed by atoms with Crippen LogP contribution in [0.3, 0.4) is 0 Å². The number of benzene rings is 1. The largest absolute Gasteiger partial charge is 0.478 e. The first kappa shape index (κ1) is 20.4. The quantitative estimate of drug-likeness (QED) is 0.589. The Morgan fingerprint density at radius 1 is 1.24 bits per heavy atom. The van der Waals surface area contributed by atoms with Crippen molar-refractivity contribution in [3.63, 3.8) is 0 Å². The average Bonchev–Trinajstić information content (AvgIpc) is 2.86. The molecule has 1 aliphatic rings. The molecule has 2 rings (SSSR count). The number of carboxylic acid groups (broad SMARTS) is 1. The smallest absolute Gasteiger partial charge is 0.336 e. The van der Waals surface area contributed by atoms with Gasteiger partial charge in [-0.3, -0.25) is 20.2 Å². The molecule has 0 radical (unpaired) electrons. The normalized spacial score (nSPS) is 18.1. The first-order valence-electron chi connectivity index (χ1n) is 7.15. The molecule has 0 aliphatic carbocycles. The van der Waals surface area contributed by atoms with Gasteiger partial charge in [0.2, 0.25) is 0 Å². The summed E-state index contributed by atoms with van der Waals surface area (Å²) in [7, 11) is 0. The van der Waals surface area contributed by atoms with Crippen LogP contribution in [0.1, 0.15) is 30.6 Å². The Balaban J connectivity index is 0.000000271. The molecule has 1 aromatic rings. The number of hydrogen-bond acceptors (Lipinski definition) is 8. The third-order valence-electron chi connectivity index (χ3n) is 3.09. The Labute approximate surface area is 142 Å². The molecule has 1 aliphatic heterocycles. The molecule has 0 spiro atoms. The number of nitrogens with zero attached hydrogens (tertiary/aromatic N) is 2. The minimum atomic E-state index is -1.46. The number of non-ortho nitro benzene ring substituents is 2. The number of rotatable bonds is 5. The summed E-state index contributed by atoms with van der Waals surface area (Å²) in [5.74, 6) is -1.90. The molecule has 1 heterocycles. The van der Waals surface area contributed by atoms with Crippen LogP contribution in [-0.2, 0) is 9.47 Å². The number of aliphatic hydroxyl groups is 1. The molecule has 11 heteroatoms. The van der Waals surface area contributed by atoms with E-state index in [-0.39, 0.29) is 12.7 Å². The van der Waals surface area contributed by atoms with Crippen LogP contribution >= 0.6 is 0 Å². The van der Waals surface area contributed by atoms with E-state index < -0.39 is 38.5 Å². The number of ether oxygens (including phenoxy) is 2. The molecule has 1 atom stereocenters. The number of nitro benzene ring substituents is 2. The van der Waals surface area contributed by atoms with Gasteiger partial charge in [-0.05, 0) is 20.3 Å². The monoisotopic (exact) mass is 358 g/mol. The van der Waals surface area contributed by atoms with Crippen molar-refractivity contribution in [2.45, 2.75) is 32.2 Å². The third-order valence-corrected chi connectivity index (χ3v) is 3.09. The molecular weight excluding hydrogens is 340 g/mol. The van der Waals surface area contributed by atoms with E-state index in [1.807, 2.05) is 13.8 Å². The molecule has 0 aromatic heterocycles. The van der Waals surface area contributed by atoms with Crippen LogP contribution in [0.15, 0.2) is 18.2 Å². The highest BCUT2D eigenvalue weighted by Gasteiger charge is 2.31. The van der Waals surface area contributed by atoms with Crippen LogP contribution in [0.4, 0.5) is 11.4 Å². The van der Waals surface area contributed by atoms with Gasteiger partial charge < -0.3 is 19.7 Å². The Morgan fingerprint density at radius 2 is 1.76 bits per heavy atom. The van der Waals surface area contributed by atoms with Crippen LogP contribution in [0.5, 0.6) is 0 Å². The van der Waals surface area contributed by atoms with Gasteiger partial charge >= 0.3 is 5.97 Å². The van der Waals surface area contributed by atoms with Gasteiger partial charge in [0.25, 0.3) is 11.4 Å². The topological polar surface area (TPSA) is 162 Å². The molecule has 1 saturated heterocycles. The van der Waals surface area contributed by atoms with Gasteiger partial charge in [0.05, 0.1) is 34.2 Å². The van der Waals surface area contributed by atoms with Crippen LogP contribution < -0.4 is 0 Å². The second-order valence-electron chi connectivity index (χ2n) is 5.52. The number of carboxylic acids is 1. The van der Waals surface area contributed by atoms with Crippen molar-refractivity contribution < 1.29 is 34.3 Å². The molecule has 0 amide bonds. The predicted molar refractivity (Wildman–Crippen MR) is 83.3 cm³/mol. The van der Waals surface area contributed by atoms with Gasteiger partial charge in [-0.15, -0.1) is 0 Å². The molecule has 1 aromatic carbocycles. The fourth-order valence-electron chi connectivity index (χ4n) is 1.98. The average molecular weight is 358 g/mol. The summed E-state index contributed by atoms with van der Waals surface area (Å²) < 4.78 is 10.7. The van der Waals surface area contributed by atoms with Crippen molar-refractivity contribution in [1.82, 2.24) is 0 Å². The van der Waals surface area contributed by atoms with E-state index in [9.17, 15) is 25.0 Å². The maximum absolute atomic E-state index is 10.5. The van der Waals surface area contributed by atoms with Crippen molar-refractivity contribution in [2.24, 2.45) is 0 Å². The van der Waals surface area contributed by atoms with E-state index in [1.54, 1.807) is 0 Å². The van der Waals surface area contributed by atoms with Crippen molar-refractivity contribution in [1.29, 1.82) is 0 Å². The standard InChI is InChI=1S/C7H4N2O6.C7H14O3/c10-7(11)4-1-5(8(12)13)3-6(2-4)9(14)15;1-7(2)9-5-6(10-7)3-4-8/h1-3H,(H,10,11);6,8H,3-5H2,1-2H3/t;6-/m.1/s1. The molecule has 2 N–H and O–H groups in total. The number of aliphatic hydroxyl groups excluding tert-OH is 1. The maximum atomic E-state index is 10.5. The Kier molecular flexibility index (Phi) is 6.91. The van der Waals surface area contributed by atoms with Gasteiger partial charge in [0.1, 0.15) is 0 Å². The molecular formula is C14H18N2O9. The minimum Gasteiger partial charge on any atom is -0.478 e. The van der Waals surface area contributed by atoms with Crippen molar-refractivity contribution in [2.75, 3.05) is 13.2 Å². The second kappa shape index (κ2) is 8.46. The van der Waals surface area contributed by atoms with Crippen LogP contribution in [-0.4, -0.2) is 51.1 Å². The van der Waals surface area contributed by atoms with E-state index in [2.05, 4.69) is 0 Å². The van der Waals surface area contributed by atoms with E-state index in [0.29, 0.717) is 19.1 Å². The summed E-state index contributed by atoms with van der Waals surface area (Å²) in [6, 6.07) is 2.22. The SMILES string of the molecule is CC1(C)OC[C@@H](CCO)O1.O=C(O)c1cc([N+](=O)[O-])cc([N+](=O)[O-])c1. The lowest BCUT2D eigenvalue weighted by molar-refractivity contribution is -0.394. The van der Waals surface area contributed by atoms with E-state index in [4.69, 9.17) is 19.7 Å². The van der Waals surface area contributed by atoms with Gasteiger partial charge in [-0.1, -0.05) is 0 Å². The highest BCUT2D eigenvalue weighted by Crippen LogP contribution is 2.23. The second-order valence-corrected chi connectivity index (χ2v) is 5.52. The lowest BCUT2D eigenvalue weighted by atomic mass is 10.2. The lowest BCUT2D eigenvalue weighted by Crippen LogP contribution is -2.21. The molecule has 0 bridgehead atoms. The summed E-state index contributed by atoms with van der Waals surface area (Å²) in [5, 5.41) is 37.8. The molecule has 0 unspecified atom stereocenters. The van der Waals surface area contributed by atoms with Crippen molar-refractivity contribution in [3.8, 4) is 0 Å². The summed E-state index contributed by atoms with van der Waals surface area (Å²) >= 11 is 0. The van der Waals surface area contributed by atoms with Crippen LogP contribution in [0.2, 0.25) is 0 Å². The fourth-order valence-corrected chi connectivity index (χ4v) is 1.98. The molecule has 25 heavy (non-hydrogen) atoms. The summed E-state index contributed by atoms with van der Waals surface area (Å²) in [5.41, 5.74) is -1.74. The summed E-state index contributed by atoms with van der Waals surface area (Å²) in [6.45, 7) is 4.53. The van der Waals surface area contributed by atoms with Gasteiger partial charge in [-0.25, -0.2) is 4.79 Å².